The lowest BCUT2D eigenvalue weighted by molar-refractivity contribution is 0.409. The summed E-state index contributed by atoms with van der Waals surface area (Å²) in [5, 5.41) is 14.7. The number of aromatic nitrogens is 3. The molecule has 1 aromatic heterocycles. The maximum absolute atomic E-state index is 5.44. The molecule has 0 aliphatic rings. The number of ether oxygens (including phenoxy) is 1. The van der Waals surface area contributed by atoms with Crippen LogP contribution in [0.15, 0.2) is 29.5 Å². The van der Waals surface area contributed by atoms with Crippen molar-refractivity contribution in [2.75, 3.05) is 20.2 Å². The van der Waals surface area contributed by atoms with Gasteiger partial charge in [-0.25, -0.2) is 4.99 Å². The molecule has 0 saturated heterocycles. The van der Waals surface area contributed by atoms with Crippen LogP contribution >= 0.6 is 24.0 Å². The van der Waals surface area contributed by atoms with Gasteiger partial charge in [0.1, 0.15) is 18.6 Å². The number of nitrogens with zero attached hydrogens (tertiary/aromatic N) is 4. The zero-order valence-electron chi connectivity index (χ0n) is 16.0. The van der Waals surface area contributed by atoms with Gasteiger partial charge in [-0.3, -0.25) is 0 Å². The summed E-state index contributed by atoms with van der Waals surface area (Å²) in [6.45, 7) is 9.12. The van der Waals surface area contributed by atoms with Crippen LogP contribution in [0, 0.1) is 6.92 Å². The Morgan fingerprint density at radius 3 is 2.77 bits per heavy atom. The number of guanidine groups is 1. The first-order valence-corrected chi connectivity index (χ1v) is 8.70. The van der Waals surface area contributed by atoms with Crippen LogP contribution in [0.25, 0.3) is 0 Å². The average molecular weight is 472 g/mol. The highest BCUT2D eigenvalue weighted by atomic mass is 127. The molecule has 2 aromatic rings. The number of hydrogen-bond donors (Lipinski definition) is 2. The first kappa shape index (κ1) is 22.2. The molecular weight excluding hydrogens is 443 g/mol. The van der Waals surface area contributed by atoms with Crippen molar-refractivity contribution in [2.45, 2.75) is 40.3 Å². The first-order chi connectivity index (χ1) is 12.2. The second kappa shape index (κ2) is 11.7. The zero-order chi connectivity index (χ0) is 18.1. The monoisotopic (exact) mass is 472 g/mol. The Morgan fingerprint density at radius 1 is 1.27 bits per heavy atom. The minimum atomic E-state index is 0. The molecule has 8 heteroatoms. The van der Waals surface area contributed by atoms with Crippen LogP contribution in [-0.4, -0.2) is 40.9 Å². The molecule has 0 bridgehead atoms. The summed E-state index contributed by atoms with van der Waals surface area (Å²) in [5.74, 6) is 2.56. The first-order valence-electron chi connectivity index (χ1n) is 8.70. The van der Waals surface area contributed by atoms with Crippen molar-refractivity contribution in [3.8, 4) is 5.75 Å². The summed E-state index contributed by atoms with van der Waals surface area (Å²) in [5.41, 5.74) is 2.42. The normalized spacial score (nSPS) is 11.0. The van der Waals surface area contributed by atoms with Gasteiger partial charge in [0, 0.05) is 19.6 Å². The van der Waals surface area contributed by atoms with Gasteiger partial charge in [0.05, 0.1) is 7.11 Å². The quantitative estimate of drug-likeness (QED) is 0.351. The molecule has 0 amide bonds. The number of hydrogen-bond acceptors (Lipinski definition) is 4. The molecule has 2 rings (SSSR count). The van der Waals surface area contributed by atoms with Crippen LogP contribution in [0.2, 0.25) is 0 Å². The van der Waals surface area contributed by atoms with Crippen molar-refractivity contribution >= 4 is 29.9 Å². The summed E-state index contributed by atoms with van der Waals surface area (Å²) in [6, 6.07) is 6.24. The molecule has 0 aliphatic heterocycles. The summed E-state index contributed by atoms with van der Waals surface area (Å²) in [4.78, 5) is 4.60. The molecule has 0 saturated carbocycles. The number of nitrogens with one attached hydrogen (secondary N) is 2. The van der Waals surface area contributed by atoms with Crippen LogP contribution in [0.1, 0.15) is 30.8 Å². The van der Waals surface area contributed by atoms with Crippen molar-refractivity contribution in [2.24, 2.45) is 4.99 Å². The average Bonchev–Trinajstić information content (AvgIpc) is 3.07. The second-order valence-electron chi connectivity index (χ2n) is 5.72. The van der Waals surface area contributed by atoms with Crippen LogP contribution in [-0.2, 0) is 19.5 Å². The van der Waals surface area contributed by atoms with E-state index in [2.05, 4.69) is 58.7 Å². The lowest BCUT2D eigenvalue weighted by atomic mass is 10.1. The van der Waals surface area contributed by atoms with Crippen LogP contribution < -0.4 is 15.4 Å². The summed E-state index contributed by atoms with van der Waals surface area (Å²) in [7, 11) is 1.71. The van der Waals surface area contributed by atoms with E-state index in [1.165, 1.54) is 11.1 Å². The van der Waals surface area contributed by atoms with Gasteiger partial charge in [-0.15, -0.1) is 34.2 Å². The van der Waals surface area contributed by atoms with E-state index in [1.54, 1.807) is 13.4 Å². The van der Waals surface area contributed by atoms with Crippen LogP contribution in [0.3, 0.4) is 0 Å². The largest absolute Gasteiger partial charge is 0.496 e. The fourth-order valence-corrected chi connectivity index (χ4v) is 2.58. The molecule has 26 heavy (non-hydrogen) atoms. The lowest BCUT2D eigenvalue weighted by Crippen LogP contribution is -2.38. The van der Waals surface area contributed by atoms with E-state index in [0.717, 1.165) is 43.6 Å². The predicted octanol–water partition coefficient (Wildman–Crippen LogP) is 2.53. The third-order valence-electron chi connectivity index (χ3n) is 3.88. The SMILES string of the molecule is CCNC(=NCc1nncn1CC)NCCc1cc(C)ccc1OC.I. The van der Waals surface area contributed by atoms with Gasteiger partial charge >= 0.3 is 0 Å². The van der Waals surface area contributed by atoms with Crippen molar-refractivity contribution < 1.29 is 4.74 Å². The molecule has 144 valence electrons. The third kappa shape index (κ3) is 6.47. The Balaban J connectivity index is 0.00000338. The second-order valence-corrected chi connectivity index (χ2v) is 5.72. The molecule has 0 spiro atoms. The van der Waals surface area contributed by atoms with E-state index in [9.17, 15) is 0 Å². The van der Waals surface area contributed by atoms with E-state index in [1.807, 2.05) is 10.6 Å². The fraction of sp³-hybridized carbons (Fsp3) is 0.500. The molecule has 1 heterocycles. The number of halogens is 1. The Hall–Kier alpha value is -1.84. The molecule has 0 fully saturated rings. The minimum absolute atomic E-state index is 0. The van der Waals surface area contributed by atoms with E-state index in [4.69, 9.17) is 4.74 Å². The molecule has 0 unspecified atom stereocenters. The van der Waals surface area contributed by atoms with Gasteiger partial charge in [-0.1, -0.05) is 17.7 Å². The smallest absolute Gasteiger partial charge is 0.191 e. The van der Waals surface area contributed by atoms with E-state index < -0.39 is 0 Å². The topological polar surface area (TPSA) is 76.4 Å². The Bertz CT molecular complexity index is 701. The summed E-state index contributed by atoms with van der Waals surface area (Å²) in [6.07, 6.45) is 2.59. The number of aliphatic imine (C=N–C) groups is 1. The van der Waals surface area contributed by atoms with Gasteiger partial charge in [0.25, 0.3) is 0 Å². The van der Waals surface area contributed by atoms with E-state index in [0.29, 0.717) is 6.54 Å². The molecule has 0 aliphatic carbocycles. The Labute approximate surface area is 172 Å². The fourth-order valence-electron chi connectivity index (χ4n) is 2.58. The number of methoxy groups -OCH3 is 1. The lowest BCUT2D eigenvalue weighted by Gasteiger charge is -2.13. The van der Waals surface area contributed by atoms with Crippen LogP contribution in [0.5, 0.6) is 5.75 Å². The maximum Gasteiger partial charge on any atom is 0.191 e. The Morgan fingerprint density at radius 2 is 2.08 bits per heavy atom. The van der Waals surface area contributed by atoms with Gasteiger partial charge in [-0.05, 0) is 38.8 Å². The molecule has 0 radical (unpaired) electrons. The predicted molar refractivity (Wildman–Crippen MR) is 115 cm³/mol. The molecule has 7 nitrogen and oxygen atoms in total. The highest BCUT2D eigenvalue weighted by molar-refractivity contribution is 14.0. The molecule has 2 N–H and O–H groups in total. The number of benzene rings is 1. The summed E-state index contributed by atoms with van der Waals surface area (Å²) >= 11 is 0. The Kier molecular flexibility index (Phi) is 10.0. The molecule has 0 atom stereocenters. The zero-order valence-corrected chi connectivity index (χ0v) is 18.3. The summed E-state index contributed by atoms with van der Waals surface area (Å²) < 4.78 is 7.43. The van der Waals surface area contributed by atoms with Crippen molar-refractivity contribution in [3.05, 3.63) is 41.5 Å². The van der Waals surface area contributed by atoms with Gasteiger partial charge in [-0.2, -0.15) is 0 Å². The van der Waals surface area contributed by atoms with Gasteiger partial charge < -0.3 is 19.9 Å². The van der Waals surface area contributed by atoms with Crippen molar-refractivity contribution in [3.63, 3.8) is 0 Å². The highest BCUT2D eigenvalue weighted by Gasteiger charge is 2.05. The highest BCUT2D eigenvalue weighted by Crippen LogP contribution is 2.19. The van der Waals surface area contributed by atoms with E-state index in [-0.39, 0.29) is 24.0 Å². The minimum Gasteiger partial charge on any atom is -0.496 e. The van der Waals surface area contributed by atoms with Gasteiger partial charge in [0.2, 0.25) is 0 Å². The van der Waals surface area contributed by atoms with Crippen LogP contribution in [0.4, 0.5) is 0 Å². The number of rotatable bonds is 8. The number of aryl methyl sites for hydroxylation is 2. The van der Waals surface area contributed by atoms with Crippen molar-refractivity contribution in [1.29, 1.82) is 0 Å². The third-order valence-corrected chi connectivity index (χ3v) is 3.88. The van der Waals surface area contributed by atoms with Crippen molar-refractivity contribution in [1.82, 2.24) is 25.4 Å². The standard InChI is InChI=1S/C18H28N6O.HI/c1-5-19-18(21-12-17-23-22-13-24(17)6-2)20-10-9-15-11-14(3)7-8-16(15)25-4;/h7-8,11,13H,5-6,9-10,12H2,1-4H3,(H2,19,20,21);1H. The molecule has 1 aromatic carbocycles. The maximum atomic E-state index is 5.44. The molecular formula is C18H29IN6O. The van der Waals surface area contributed by atoms with E-state index >= 15 is 0 Å². The van der Waals surface area contributed by atoms with Gasteiger partial charge in [0.15, 0.2) is 11.8 Å².